The van der Waals surface area contributed by atoms with E-state index in [1.807, 2.05) is 0 Å². The van der Waals surface area contributed by atoms with Gasteiger partial charge in [-0.15, -0.1) is 6.42 Å². The van der Waals surface area contributed by atoms with Crippen LogP contribution in [0.5, 0.6) is 11.5 Å². The van der Waals surface area contributed by atoms with E-state index in [2.05, 4.69) is 11.2 Å². The highest BCUT2D eigenvalue weighted by molar-refractivity contribution is 5.98. The van der Waals surface area contributed by atoms with Crippen molar-refractivity contribution < 1.29 is 19.1 Å². The summed E-state index contributed by atoms with van der Waals surface area (Å²) in [7, 11) is 0. The fourth-order valence-electron chi connectivity index (χ4n) is 2.73. The number of rotatable bonds is 3. The summed E-state index contributed by atoms with van der Waals surface area (Å²) < 4.78 is 10.5. The first-order valence-electron chi connectivity index (χ1n) is 7.12. The van der Waals surface area contributed by atoms with Crippen molar-refractivity contribution in [2.45, 2.75) is 18.9 Å². The Hall–Kier alpha value is -2.68. The number of hydrogen-bond acceptors (Lipinski definition) is 4. The molecule has 0 saturated carbocycles. The summed E-state index contributed by atoms with van der Waals surface area (Å²) in [6.45, 7) is 0.886. The molecule has 22 heavy (non-hydrogen) atoms. The zero-order valence-electron chi connectivity index (χ0n) is 12.0. The second kappa shape index (κ2) is 5.98. The van der Waals surface area contributed by atoms with Gasteiger partial charge in [-0.25, -0.2) is 0 Å². The van der Waals surface area contributed by atoms with Crippen LogP contribution in [0.1, 0.15) is 23.2 Å². The Bertz CT molecular complexity index is 650. The number of carbonyl (C=O) groups excluding carboxylic acids is 2. The fourth-order valence-corrected chi connectivity index (χ4v) is 2.73. The van der Waals surface area contributed by atoms with Crippen molar-refractivity contribution in [3.05, 3.63) is 23.8 Å². The molecule has 0 aliphatic carbocycles. The largest absolute Gasteiger partial charge is 0.454 e. The summed E-state index contributed by atoms with van der Waals surface area (Å²) in [5.74, 6) is 3.15. The van der Waals surface area contributed by atoms with Crippen molar-refractivity contribution in [1.29, 1.82) is 0 Å². The third kappa shape index (κ3) is 2.58. The van der Waals surface area contributed by atoms with Crippen LogP contribution in [0.2, 0.25) is 0 Å². The molecule has 1 N–H and O–H groups in total. The third-order valence-electron chi connectivity index (χ3n) is 3.80. The van der Waals surface area contributed by atoms with Gasteiger partial charge in [0.2, 0.25) is 12.7 Å². The number of hydrogen-bond donors (Lipinski definition) is 1. The quantitative estimate of drug-likeness (QED) is 0.837. The van der Waals surface area contributed by atoms with Gasteiger partial charge in [-0.05, 0) is 31.0 Å². The highest BCUT2D eigenvalue weighted by atomic mass is 16.7. The molecular weight excluding hydrogens is 284 g/mol. The van der Waals surface area contributed by atoms with Crippen LogP contribution in [0.15, 0.2) is 18.2 Å². The molecular formula is C16H16N2O4. The van der Waals surface area contributed by atoms with Gasteiger partial charge in [-0.3, -0.25) is 9.59 Å². The number of fused-ring (bicyclic) bond motifs is 1. The topological polar surface area (TPSA) is 67.9 Å². The lowest BCUT2D eigenvalue weighted by Crippen LogP contribution is -2.46. The van der Waals surface area contributed by atoms with E-state index < -0.39 is 6.04 Å². The molecule has 2 amide bonds. The molecule has 3 rings (SSSR count). The van der Waals surface area contributed by atoms with Crippen LogP contribution in [0.3, 0.4) is 0 Å². The fraction of sp³-hybridized carbons (Fsp3) is 0.375. The summed E-state index contributed by atoms with van der Waals surface area (Å²) in [6, 6.07) is 4.58. The molecule has 1 atom stereocenters. The van der Waals surface area contributed by atoms with Gasteiger partial charge in [0.05, 0.1) is 6.54 Å². The van der Waals surface area contributed by atoms with Gasteiger partial charge in [-0.1, -0.05) is 5.92 Å². The average Bonchev–Trinajstić information content (AvgIpc) is 3.19. The average molecular weight is 300 g/mol. The summed E-state index contributed by atoms with van der Waals surface area (Å²) in [5, 5.41) is 2.64. The number of likely N-dealkylation sites (tertiary alicyclic amines) is 1. The normalized spacial score (nSPS) is 18.9. The molecule has 2 aliphatic heterocycles. The molecule has 1 fully saturated rings. The minimum Gasteiger partial charge on any atom is -0.454 e. The summed E-state index contributed by atoms with van der Waals surface area (Å²) in [4.78, 5) is 26.3. The van der Waals surface area contributed by atoms with Gasteiger partial charge in [0.1, 0.15) is 6.04 Å². The molecule has 2 aliphatic rings. The first-order chi connectivity index (χ1) is 10.7. The van der Waals surface area contributed by atoms with E-state index in [0.29, 0.717) is 30.0 Å². The Balaban J connectivity index is 1.76. The zero-order valence-corrected chi connectivity index (χ0v) is 12.0. The summed E-state index contributed by atoms with van der Waals surface area (Å²) >= 11 is 0. The van der Waals surface area contributed by atoms with Crippen molar-refractivity contribution in [1.82, 2.24) is 10.2 Å². The van der Waals surface area contributed by atoms with E-state index in [1.165, 1.54) is 0 Å². The maximum Gasteiger partial charge on any atom is 0.254 e. The number of carbonyl (C=O) groups is 2. The van der Waals surface area contributed by atoms with Crippen LogP contribution < -0.4 is 14.8 Å². The predicted molar refractivity (Wildman–Crippen MR) is 78.5 cm³/mol. The van der Waals surface area contributed by atoms with Crippen molar-refractivity contribution in [2.24, 2.45) is 0 Å². The Kier molecular flexibility index (Phi) is 3.88. The molecule has 6 nitrogen and oxygen atoms in total. The van der Waals surface area contributed by atoms with E-state index >= 15 is 0 Å². The van der Waals surface area contributed by atoms with E-state index in [0.717, 1.165) is 6.42 Å². The number of nitrogens with zero attached hydrogens (tertiary/aromatic N) is 1. The van der Waals surface area contributed by atoms with Crippen LogP contribution in [-0.2, 0) is 4.79 Å². The first-order valence-corrected chi connectivity index (χ1v) is 7.12. The van der Waals surface area contributed by atoms with Gasteiger partial charge >= 0.3 is 0 Å². The van der Waals surface area contributed by atoms with Gasteiger partial charge < -0.3 is 19.7 Å². The van der Waals surface area contributed by atoms with Crippen molar-refractivity contribution in [3.8, 4) is 23.8 Å². The Morgan fingerprint density at radius 1 is 1.36 bits per heavy atom. The van der Waals surface area contributed by atoms with E-state index in [9.17, 15) is 9.59 Å². The maximum atomic E-state index is 12.6. The highest BCUT2D eigenvalue weighted by Gasteiger charge is 2.34. The van der Waals surface area contributed by atoms with Crippen LogP contribution >= 0.6 is 0 Å². The lowest BCUT2D eigenvalue weighted by Gasteiger charge is -2.23. The van der Waals surface area contributed by atoms with Gasteiger partial charge in [-0.2, -0.15) is 0 Å². The molecule has 114 valence electrons. The molecule has 0 radical (unpaired) electrons. The number of amides is 2. The number of terminal acetylenes is 1. The minimum absolute atomic E-state index is 0.161. The van der Waals surface area contributed by atoms with Crippen molar-refractivity contribution in [3.63, 3.8) is 0 Å². The molecule has 0 bridgehead atoms. The van der Waals surface area contributed by atoms with E-state index in [4.69, 9.17) is 15.9 Å². The molecule has 6 heteroatoms. The van der Waals surface area contributed by atoms with E-state index in [-0.39, 0.29) is 25.2 Å². The Morgan fingerprint density at radius 2 is 2.18 bits per heavy atom. The van der Waals surface area contributed by atoms with Crippen molar-refractivity contribution in [2.75, 3.05) is 19.9 Å². The SMILES string of the molecule is C#CCNC(=O)[C@@H]1CCCN1C(=O)c1ccc2c(c1)OCO2. The van der Waals surface area contributed by atoms with E-state index in [1.54, 1.807) is 23.1 Å². The van der Waals surface area contributed by atoms with Crippen LogP contribution in [-0.4, -0.2) is 42.6 Å². The molecule has 0 aromatic heterocycles. The highest BCUT2D eigenvalue weighted by Crippen LogP contribution is 2.33. The zero-order chi connectivity index (χ0) is 15.5. The lowest BCUT2D eigenvalue weighted by molar-refractivity contribution is -0.124. The smallest absolute Gasteiger partial charge is 0.254 e. The summed E-state index contributed by atoms with van der Waals surface area (Å²) in [6.07, 6.45) is 6.58. The van der Waals surface area contributed by atoms with Gasteiger partial charge in [0.25, 0.3) is 5.91 Å². The van der Waals surface area contributed by atoms with Gasteiger partial charge in [0.15, 0.2) is 11.5 Å². The summed E-state index contributed by atoms with van der Waals surface area (Å²) in [5.41, 5.74) is 0.487. The molecule has 0 unspecified atom stereocenters. The molecule has 2 heterocycles. The van der Waals surface area contributed by atoms with Crippen LogP contribution in [0.4, 0.5) is 0 Å². The second-order valence-electron chi connectivity index (χ2n) is 5.15. The monoisotopic (exact) mass is 300 g/mol. The standard InChI is InChI=1S/C16H16N2O4/c1-2-7-17-15(19)12-4-3-8-18(12)16(20)11-5-6-13-14(9-11)22-10-21-13/h1,5-6,9,12H,3-4,7-8,10H2,(H,17,19)/t12-/m0/s1. The number of nitrogens with one attached hydrogen (secondary N) is 1. The maximum absolute atomic E-state index is 12.6. The Labute approximate surface area is 128 Å². The van der Waals surface area contributed by atoms with Crippen LogP contribution in [0.25, 0.3) is 0 Å². The second-order valence-corrected chi connectivity index (χ2v) is 5.15. The van der Waals surface area contributed by atoms with Crippen molar-refractivity contribution >= 4 is 11.8 Å². The molecule has 1 saturated heterocycles. The minimum atomic E-state index is -0.466. The molecule has 0 spiro atoms. The Morgan fingerprint density at radius 3 is 3.00 bits per heavy atom. The third-order valence-corrected chi connectivity index (χ3v) is 3.80. The molecule has 1 aromatic rings. The predicted octanol–water partition coefficient (Wildman–Crippen LogP) is 0.769. The number of benzene rings is 1. The molecule has 1 aromatic carbocycles. The lowest BCUT2D eigenvalue weighted by atomic mass is 10.1. The van der Waals surface area contributed by atoms with Gasteiger partial charge in [0, 0.05) is 12.1 Å². The number of ether oxygens (including phenoxy) is 2. The first kappa shape index (κ1) is 14.3. The van der Waals surface area contributed by atoms with Crippen LogP contribution in [0, 0.1) is 12.3 Å².